The van der Waals surface area contributed by atoms with Crippen molar-refractivity contribution in [2.75, 3.05) is 38.5 Å². The van der Waals surface area contributed by atoms with E-state index in [4.69, 9.17) is 4.74 Å². The molecule has 28 heavy (non-hydrogen) atoms. The van der Waals surface area contributed by atoms with E-state index in [9.17, 15) is 4.79 Å². The maximum absolute atomic E-state index is 12.6. The van der Waals surface area contributed by atoms with Gasteiger partial charge in [-0.2, -0.15) is 0 Å². The van der Waals surface area contributed by atoms with Crippen LogP contribution in [-0.2, 0) is 4.79 Å². The third-order valence-corrected chi connectivity index (χ3v) is 5.29. The van der Waals surface area contributed by atoms with Gasteiger partial charge in [0.05, 0.1) is 12.2 Å². The lowest BCUT2D eigenvalue weighted by Crippen LogP contribution is -2.39. The van der Waals surface area contributed by atoms with Gasteiger partial charge in [-0.15, -0.1) is 0 Å². The van der Waals surface area contributed by atoms with Gasteiger partial charge < -0.3 is 15.4 Å². The number of carbonyl (C=O) groups is 1. The van der Waals surface area contributed by atoms with Crippen LogP contribution in [0.1, 0.15) is 24.8 Å². The Bertz CT molecular complexity index is 753. The van der Waals surface area contributed by atoms with E-state index >= 15 is 0 Å². The van der Waals surface area contributed by atoms with Crippen LogP contribution in [0, 0.1) is 12.8 Å². The monoisotopic (exact) mass is 381 g/mol. The molecule has 0 aliphatic carbocycles. The minimum atomic E-state index is 0.00799. The Kier molecular flexibility index (Phi) is 7.46. The van der Waals surface area contributed by atoms with Gasteiger partial charge in [-0.05, 0) is 83.1 Å². The van der Waals surface area contributed by atoms with E-state index < -0.39 is 0 Å². The van der Waals surface area contributed by atoms with Gasteiger partial charge in [0.15, 0.2) is 5.75 Å². The molecule has 3 rings (SSSR count). The number of nitrogens with zero attached hydrogens (tertiary/aromatic N) is 1. The molecule has 1 saturated heterocycles. The maximum Gasteiger partial charge on any atom is 0.238 e. The molecular weight excluding hydrogens is 350 g/mol. The lowest BCUT2D eigenvalue weighted by Gasteiger charge is -2.31. The Hall–Kier alpha value is -2.37. The van der Waals surface area contributed by atoms with E-state index in [0.717, 1.165) is 31.3 Å². The van der Waals surface area contributed by atoms with Gasteiger partial charge in [-0.3, -0.25) is 9.69 Å². The maximum atomic E-state index is 12.6. The number of nitrogens with one attached hydrogen (secondary N) is 2. The van der Waals surface area contributed by atoms with Crippen LogP contribution in [0.2, 0.25) is 0 Å². The van der Waals surface area contributed by atoms with E-state index in [1.54, 1.807) is 0 Å². The van der Waals surface area contributed by atoms with Crippen LogP contribution in [0.15, 0.2) is 48.5 Å². The molecule has 1 fully saturated rings. The summed E-state index contributed by atoms with van der Waals surface area (Å²) < 4.78 is 5.97. The summed E-state index contributed by atoms with van der Waals surface area (Å²) in [6, 6.07) is 15.5. The molecule has 1 amide bonds. The highest BCUT2D eigenvalue weighted by Crippen LogP contribution is 2.29. The van der Waals surface area contributed by atoms with Crippen LogP contribution in [0.3, 0.4) is 0 Å². The lowest BCUT2D eigenvalue weighted by molar-refractivity contribution is -0.117. The predicted molar refractivity (Wildman–Crippen MR) is 114 cm³/mol. The summed E-state index contributed by atoms with van der Waals surface area (Å²) in [6.07, 6.45) is 3.56. The molecule has 1 aliphatic heterocycles. The minimum absolute atomic E-state index is 0.00799. The summed E-state index contributed by atoms with van der Waals surface area (Å²) in [4.78, 5) is 14.8. The summed E-state index contributed by atoms with van der Waals surface area (Å²) >= 11 is 0. The fourth-order valence-electron chi connectivity index (χ4n) is 3.57. The van der Waals surface area contributed by atoms with Crippen molar-refractivity contribution in [3.8, 4) is 11.5 Å². The van der Waals surface area contributed by atoms with E-state index in [1.807, 2.05) is 62.5 Å². The van der Waals surface area contributed by atoms with Gasteiger partial charge in [0.2, 0.25) is 5.91 Å². The Balaban J connectivity index is 1.52. The van der Waals surface area contributed by atoms with E-state index in [2.05, 4.69) is 15.5 Å². The van der Waals surface area contributed by atoms with E-state index in [0.29, 0.717) is 18.0 Å². The second kappa shape index (κ2) is 10.2. The number of carbonyl (C=O) groups excluding carboxylic acids is 1. The molecule has 0 atom stereocenters. The number of benzene rings is 2. The standard InChI is InChI=1S/C23H31N3O2/c1-18-7-9-20(10-8-18)28-22-6-4-3-5-21(22)25-23(27)17-26-15-12-19(13-16-26)11-14-24-2/h3-10,19,24H,11-17H2,1-2H3,(H,25,27). The zero-order valence-corrected chi connectivity index (χ0v) is 16.9. The molecule has 0 bridgehead atoms. The second-order valence-corrected chi connectivity index (χ2v) is 7.57. The van der Waals surface area contributed by atoms with E-state index in [-0.39, 0.29) is 5.91 Å². The predicted octanol–water partition coefficient (Wildman–Crippen LogP) is 4.05. The van der Waals surface area contributed by atoms with Gasteiger partial charge in [0, 0.05) is 0 Å². The highest BCUT2D eigenvalue weighted by atomic mass is 16.5. The zero-order chi connectivity index (χ0) is 19.8. The fourth-order valence-corrected chi connectivity index (χ4v) is 3.57. The van der Waals surface area contributed by atoms with Crippen molar-refractivity contribution in [3.63, 3.8) is 0 Å². The molecule has 1 heterocycles. The van der Waals surface area contributed by atoms with Crippen molar-refractivity contribution >= 4 is 11.6 Å². The van der Waals surface area contributed by atoms with E-state index in [1.165, 1.54) is 24.8 Å². The molecule has 0 radical (unpaired) electrons. The molecule has 0 aromatic heterocycles. The van der Waals surface area contributed by atoms with Crippen molar-refractivity contribution in [3.05, 3.63) is 54.1 Å². The van der Waals surface area contributed by atoms with Gasteiger partial charge in [0.25, 0.3) is 0 Å². The second-order valence-electron chi connectivity index (χ2n) is 7.57. The highest BCUT2D eigenvalue weighted by Gasteiger charge is 2.20. The zero-order valence-electron chi connectivity index (χ0n) is 16.9. The topological polar surface area (TPSA) is 53.6 Å². The van der Waals surface area contributed by atoms with Gasteiger partial charge in [-0.1, -0.05) is 29.8 Å². The summed E-state index contributed by atoms with van der Waals surface area (Å²) in [5.41, 5.74) is 1.89. The molecular formula is C23H31N3O2. The number of aryl methyl sites for hydroxylation is 1. The average Bonchev–Trinajstić information content (AvgIpc) is 2.70. The summed E-state index contributed by atoms with van der Waals surface area (Å²) in [5.74, 6) is 2.20. The molecule has 2 aromatic carbocycles. The van der Waals surface area contributed by atoms with Crippen LogP contribution < -0.4 is 15.4 Å². The average molecular weight is 382 g/mol. The molecule has 1 aliphatic rings. The number of anilines is 1. The largest absolute Gasteiger partial charge is 0.455 e. The molecule has 2 aromatic rings. The summed E-state index contributed by atoms with van der Waals surface area (Å²) in [7, 11) is 2.00. The van der Waals surface area contributed by atoms with Crippen LogP contribution in [0.5, 0.6) is 11.5 Å². The molecule has 5 heteroatoms. The minimum Gasteiger partial charge on any atom is -0.455 e. The van der Waals surface area contributed by atoms with Gasteiger partial charge in [-0.25, -0.2) is 0 Å². The number of ether oxygens (including phenoxy) is 1. The Morgan fingerprint density at radius 1 is 1.11 bits per heavy atom. The van der Waals surface area contributed by atoms with Crippen LogP contribution in [0.25, 0.3) is 0 Å². The third-order valence-electron chi connectivity index (χ3n) is 5.29. The first-order valence-electron chi connectivity index (χ1n) is 10.1. The molecule has 2 N–H and O–H groups in total. The van der Waals surface area contributed by atoms with Crippen molar-refractivity contribution in [1.82, 2.24) is 10.2 Å². The lowest BCUT2D eigenvalue weighted by atomic mass is 9.93. The van der Waals surface area contributed by atoms with Gasteiger partial charge >= 0.3 is 0 Å². The van der Waals surface area contributed by atoms with Gasteiger partial charge in [0.1, 0.15) is 5.75 Å². The number of likely N-dealkylation sites (tertiary alicyclic amines) is 1. The molecule has 0 spiro atoms. The molecule has 0 saturated carbocycles. The third kappa shape index (κ3) is 6.08. The summed E-state index contributed by atoms with van der Waals surface area (Å²) in [5, 5.41) is 6.24. The van der Waals surface area contributed by atoms with Crippen molar-refractivity contribution in [2.45, 2.75) is 26.2 Å². The quantitative estimate of drug-likeness (QED) is 0.724. The highest BCUT2D eigenvalue weighted by molar-refractivity contribution is 5.93. The number of hydrogen-bond acceptors (Lipinski definition) is 4. The fraction of sp³-hybridized carbons (Fsp3) is 0.435. The molecule has 5 nitrogen and oxygen atoms in total. The number of rotatable bonds is 8. The Labute approximate surface area is 168 Å². The van der Waals surface area contributed by atoms with Crippen molar-refractivity contribution in [2.24, 2.45) is 5.92 Å². The van der Waals surface area contributed by atoms with Crippen LogP contribution in [0.4, 0.5) is 5.69 Å². The smallest absolute Gasteiger partial charge is 0.238 e. The van der Waals surface area contributed by atoms with Crippen molar-refractivity contribution < 1.29 is 9.53 Å². The van der Waals surface area contributed by atoms with Crippen LogP contribution in [-0.4, -0.2) is 44.0 Å². The number of para-hydroxylation sites is 2. The van der Waals surface area contributed by atoms with Crippen LogP contribution >= 0.6 is 0 Å². The number of piperidine rings is 1. The summed E-state index contributed by atoms with van der Waals surface area (Å²) in [6.45, 7) is 5.52. The first-order chi connectivity index (χ1) is 13.6. The van der Waals surface area contributed by atoms with Crippen molar-refractivity contribution in [1.29, 1.82) is 0 Å². The number of amides is 1. The normalized spacial score (nSPS) is 15.4. The SMILES string of the molecule is CNCCC1CCN(CC(=O)Nc2ccccc2Oc2ccc(C)cc2)CC1. The first kappa shape index (κ1) is 20.4. The molecule has 150 valence electrons. The molecule has 0 unspecified atom stereocenters. The number of hydrogen-bond donors (Lipinski definition) is 2. The Morgan fingerprint density at radius 2 is 1.82 bits per heavy atom. The Morgan fingerprint density at radius 3 is 2.54 bits per heavy atom. The first-order valence-corrected chi connectivity index (χ1v) is 10.1.